The highest BCUT2D eigenvalue weighted by atomic mass is 14.2. The summed E-state index contributed by atoms with van der Waals surface area (Å²) in [5.74, 6) is 1.03. The molecular weight excluding hydrogens is 132 g/mol. The minimum absolute atomic E-state index is 1.03. The Kier molecular flexibility index (Phi) is 3.68. The molecule has 0 heteroatoms. The molecule has 1 aliphatic rings. The first-order valence-corrected chi connectivity index (χ1v) is 5.00. The molecule has 0 aromatic carbocycles. The fourth-order valence-corrected chi connectivity index (χ4v) is 2.05. The minimum atomic E-state index is 1.03. The molecule has 0 amide bonds. The molecule has 0 saturated heterocycles. The fourth-order valence-electron chi connectivity index (χ4n) is 2.05. The fraction of sp³-hybridized carbons (Fsp3) is 0.818. The summed E-state index contributed by atoms with van der Waals surface area (Å²) in [6, 6.07) is 0. The summed E-state index contributed by atoms with van der Waals surface area (Å²) in [7, 11) is 0. The Balaban J connectivity index is 2.27. The topological polar surface area (TPSA) is 0 Å². The monoisotopic (exact) mass is 152 g/mol. The zero-order valence-electron chi connectivity index (χ0n) is 7.90. The number of hydrogen-bond donors (Lipinski definition) is 0. The van der Waals surface area contributed by atoms with Crippen molar-refractivity contribution in [2.24, 2.45) is 5.92 Å². The second-order valence-corrected chi connectivity index (χ2v) is 3.66. The van der Waals surface area contributed by atoms with E-state index in [1.54, 1.807) is 5.57 Å². The third kappa shape index (κ3) is 2.69. The minimum Gasteiger partial charge on any atom is -0.0885 e. The molecule has 1 rings (SSSR count). The summed E-state index contributed by atoms with van der Waals surface area (Å²) in [6.45, 7) is 4.44. The van der Waals surface area contributed by atoms with Gasteiger partial charge in [0.05, 0.1) is 0 Å². The van der Waals surface area contributed by atoms with Gasteiger partial charge in [-0.05, 0) is 25.7 Å². The van der Waals surface area contributed by atoms with E-state index >= 15 is 0 Å². The molecule has 1 aliphatic carbocycles. The van der Waals surface area contributed by atoms with Gasteiger partial charge in [0.2, 0.25) is 0 Å². The van der Waals surface area contributed by atoms with Gasteiger partial charge in [0, 0.05) is 0 Å². The first-order chi connectivity index (χ1) is 5.36. The molecule has 0 spiro atoms. The van der Waals surface area contributed by atoms with E-state index in [-0.39, 0.29) is 0 Å². The molecule has 64 valence electrons. The van der Waals surface area contributed by atoms with Crippen molar-refractivity contribution in [2.45, 2.75) is 52.4 Å². The first kappa shape index (κ1) is 8.83. The Morgan fingerprint density at radius 3 is 2.45 bits per heavy atom. The Morgan fingerprint density at radius 1 is 1.36 bits per heavy atom. The standard InChI is InChI=1S/C11H20/c1-3-10(4-2)9-11-7-5-6-8-11/h3,11H,4-9H2,1-2H3/b10-3-. The highest BCUT2D eigenvalue weighted by Gasteiger charge is 2.15. The Labute approximate surface area is 70.7 Å². The van der Waals surface area contributed by atoms with Gasteiger partial charge in [-0.15, -0.1) is 0 Å². The van der Waals surface area contributed by atoms with Gasteiger partial charge in [-0.1, -0.05) is 44.3 Å². The van der Waals surface area contributed by atoms with E-state index < -0.39 is 0 Å². The van der Waals surface area contributed by atoms with Crippen molar-refractivity contribution < 1.29 is 0 Å². The first-order valence-electron chi connectivity index (χ1n) is 5.00. The molecule has 0 atom stereocenters. The summed E-state index contributed by atoms with van der Waals surface area (Å²) in [5.41, 5.74) is 1.66. The zero-order chi connectivity index (χ0) is 8.10. The highest BCUT2D eigenvalue weighted by Crippen LogP contribution is 2.30. The Morgan fingerprint density at radius 2 is 2.00 bits per heavy atom. The molecule has 11 heavy (non-hydrogen) atoms. The second-order valence-electron chi connectivity index (χ2n) is 3.66. The average Bonchev–Trinajstić information content (AvgIpc) is 2.52. The van der Waals surface area contributed by atoms with Gasteiger partial charge < -0.3 is 0 Å². The van der Waals surface area contributed by atoms with Crippen LogP contribution >= 0.6 is 0 Å². The van der Waals surface area contributed by atoms with Crippen molar-refractivity contribution in [3.05, 3.63) is 11.6 Å². The van der Waals surface area contributed by atoms with Crippen molar-refractivity contribution in [3.63, 3.8) is 0 Å². The SMILES string of the molecule is C/C=C(/CC)CC1CCCC1. The number of rotatable bonds is 3. The van der Waals surface area contributed by atoms with E-state index in [0.717, 1.165) is 5.92 Å². The summed E-state index contributed by atoms with van der Waals surface area (Å²) in [6.07, 6.45) is 10.9. The van der Waals surface area contributed by atoms with E-state index in [0.29, 0.717) is 0 Å². The molecule has 0 bridgehead atoms. The van der Waals surface area contributed by atoms with Gasteiger partial charge in [0.1, 0.15) is 0 Å². The normalized spacial score (nSPS) is 21.1. The van der Waals surface area contributed by atoms with Crippen molar-refractivity contribution in [1.29, 1.82) is 0 Å². The van der Waals surface area contributed by atoms with Gasteiger partial charge >= 0.3 is 0 Å². The van der Waals surface area contributed by atoms with Gasteiger partial charge in [0.25, 0.3) is 0 Å². The van der Waals surface area contributed by atoms with Crippen molar-refractivity contribution in [2.75, 3.05) is 0 Å². The molecule has 0 aromatic heterocycles. The average molecular weight is 152 g/mol. The summed E-state index contributed by atoms with van der Waals surface area (Å²) in [5, 5.41) is 0. The molecule has 1 saturated carbocycles. The lowest BCUT2D eigenvalue weighted by Crippen LogP contribution is -1.94. The quantitative estimate of drug-likeness (QED) is 0.538. The van der Waals surface area contributed by atoms with Crippen LogP contribution in [0.25, 0.3) is 0 Å². The van der Waals surface area contributed by atoms with Crippen molar-refractivity contribution >= 4 is 0 Å². The van der Waals surface area contributed by atoms with Crippen LogP contribution < -0.4 is 0 Å². The lowest BCUT2D eigenvalue weighted by Gasteiger charge is -2.09. The maximum Gasteiger partial charge on any atom is -0.0292 e. The smallest absolute Gasteiger partial charge is 0.0292 e. The van der Waals surface area contributed by atoms with Crippen LogP contribution in [0.3, 0.4) is 0 Å². The van der Waals surface area contributed by atoms with Crippen LogP contribution in [0.15, 0.2) is 11.6 Å². The summed E-state index contributed by atoms with van der Waals surface area (Å²) < 4.78 is 0. The van der Waals surface area contributed by atoms with E-state index in [1.807, 2.05) is 0 Å². The van der Waals surface area contributed by atoms with Crippen molar-refractivity contribution in [3.8, 4) is 0 Å². The van der Waals surface area contributed by atoms with Gasteiger partial charge in [-0.25, -0.2) is 0 Å². The maximum absolute atomic E-state index is 2.30. The third-order valence-corrected chi connectivity index (χ3v) is 2.89. The highest BCUT2D eigenvalue weighted by molar-refractivity contribution is 5.00. The van der Waals surface area contributed by atoms with Crippen LogP contribution in [0, 0.1) is 5.92 Å². The molecule has 0 heterocycles. The molecule has 0 radical (unpaired) electrons. The third-order valence-electron chi connectivity index (χ3n) is 2.89. The van der Waals surface area contributed by atoms with Crippen LogP contribution in [0.5, 0.6) is 0 Å². The lowest BCUT2D eigenvalue weighted by atomic mass is 9.96. The van der Waals surface area contributed by atoms with E-state index in [9.17, 15) is 0 Å². The van der Waals surface area contributed by atoms with Gasteiger partial charge in [-0.2, -0.15) is 0 Å². The predicted molar refractivity (Wildman–Crippen MR) is 50.6 cm³/mol. The van der Waals surface area contributed by atoms with Crippen LogP contribution in [0.4, 0.5) is 0 Å². The predicted octanol–water partition coefficient (Wildman–Crippen LogP) is 3.92. The van der Waals surface area contributed by atoms with E-state index in [4.69, 9.17) is 0 Å². The molecule has 0 aliphatic heterocycles. The Hall–Kier alpha value is -0.260. The molecule has 1 fully saturated rings. The number of hydrogen-bond acceptors (Lipinski definition) is 0. The molecular formula is C11H20. The summed E-state index contributed by atoms with van der Waals surface area (Å²) in [4.78, 5) is 0. The molecule has 0 N–H and O–H groups in total. The second kappa shape index (κ2) is 4.58. The Bertz CT molecular complexity index is 127. The van der Waals surface area contributed by atoms with Gasteiger partial charge in [0.15, 0.2) is 0 Å². The zero-order valence-corrected chi connectivity index (χ0v) is 7.90. The van der Waals surface area contributed by atoms with Crippen LogP contribution in [0.2, 0.25) is 0 Å². The van der Waals surface area contributed by atoms with E-state index in [1.165, 1.54) is 38.5 Å². The van der Waals surface area contributed by atoms with E-state index in [2.05, 4.69) is 19.9 Å². The number of allylic oxidation sites excluding steroid dienone is 2. The van der Waals surface area contributed by atoms with Crippen molar-refractivity contribution in [1.82, 2.24) is 0 Å². The molecule has 0 unspecified atom stereocenters. The van der Waals surface area contributed by atoms with Gasteiger partial charge in [-0.3, -0.25) is 0 Å². The largest absolute Gasteiger partial charge is 0.0885 e. The van der Waals surface area contributed by atoms with Crippen LogP contribution in [-0.2, 0) is 0 Å². The maximum atomic E-state index is 2.30. The summed E-state index contributed by atoms with van der Waals surface area (Å²) >= 11 is 0. The molecule has 0 nitrogen and oxygen atoms in total. The molecule has 0 aromatic rings. The van der Waals surface area contributed by atoms with Crippen LogP contribution in [-0.4, -0.2) is 0 Å². The lowest BCUT2D eigenvalue weighted by molar-refractivity contribution is 0.536. The van der Waals surface area contributed by atoms with Crippen LogP contribution in [0.1, 0.15) is 52.4 Å².